The van der Waals surface area contributed by atoms with Gasteiger partial charge in [-0.2, -0.15) is 0 Å². The number of aromatic nitrogens is 2. The predicted molar refractivity (Wildman–Crippen MR) is 98.9 cm³/mol. The van der Waals surface area contributed by atoms with E-state index in [9.17, 15) is 0 Å². The fourth-order valence-electron chi connectivity index (χ4n) is 2.91. The van der Waals surface area contributed by atoms with Gasteiger partial charge in [0.25, 0.3) is 0 Å². The van der Waals surface area contributed by atoms with E-state index in [4.69, 9.17) is 0 Å². The average Bonchev–Trinajstić information content (AvgIpc) is 2.56. The minimum Gasteiger partial charge on any atom is -0.369 e. The van der Waals surface area contributed by atoms with Crippen molar-refractivity contribution in [2.24, 2.45) is 0 Å². The molecule has 0 bridgehead atoms. The summed E-state index contributed by atoms with van der Waals surface area (Å²) in [6.45, 7) is 6.95. The van der Waals surface area contributed by atoms with Crippen molar-refractivity contribution in [3.05, 3.63) is 29.0 Å². The van der Waals surface area contributed by atoms with Gasteiger partial charge >= 0.3 is 0 Å². The Hall–Kier alpha value is -1.24. The molecule has 0 unspecified atom stereocenters. The van der Waals surface area contributed by atoms with Crippen molar-refractivity contribution < 1.29 is 0 Å². The third-order valence-corrected chi connectivity index (χ3v) is 4.88. The SMILES string of the molecule is CN1CCN(CCCCNc2ncnc3ccc(Br)cc23)CC1. The highest BCUT2D eigenvalue weighted by Gasteiger charge is 2.12. The van der Waals surface area contributed by atoms with Crippen LogP contribution in [-0.4, -0.2) is 66.1 Å². The van der Waals surface area contributed by atoms with Crippen molar-refractivity contribution >= 4 is 32.7 Å². The summed E-state index contributed by atoms with van der Waals surface area (Å²) in [6, 6.07) is 6.09. The molecule has 1 aliphatic heterocycles. The van der Waals surface area contributed by atoms with Crippen molar-refractivity contribution in [2.45, 2.75) is 12.8 Å². The van der Waals surface area contributed by atoms with Gasteiger partial charge in [-0.1, -0.05) is 15.9 Å². The molecular formula is C17H24BrN5. The lowest BCUT2D eigenvalue weighted by molar-refractivity contribution is 0.152. The first-order chi connectivity index (χ1) is 11.2. The van der Waals surface area contributed by atoms with E-state index in [2.05, 4.69) is 54.1 Å². The number of anilines is 1. The van der Waals surface area contributed by atoms with Gasteiger partial charge in [0.1, 0.15) is 12.1 Å². The molecule has 0 atom stereocenters. The number of hydrogen-bond acceptors (Lipinski definition) is 5. The Labute approximate surface area is 146 Å². The van der Waals surface area contributed by atoms with Crippen LogP contribution in [0.5, 0.6) is 0 Å². The summed E-state index contributed by atoms with van der Waals surface area (Å²) in [6.07, 6.45) is 4.01. The van der Waals surface area contributed by atoms with E-state index in [1.165, 1.54) is 39.1 Å². The van der Waals surface area contributed by atoms with Gasteiger partial charge in [0.15, 0.2) is 0 Å². The Balaban J connectivity index is 1.45. The molecule has 1 saturated heterocycles. The smallest absolute Gasteiger partial charge is 0.137 e. The summed E-state index contributed by atoms with van der Waals surface area (Å²) in [4.78, 5) is 13.7. The van der Waals surface area contributed by atoms with Gasteiger partial charge in [-0.15, -0.1) is 0 Å². The van der Waals surface area contributed by atoms with Crippen molar-refractivity contribution in [1.29, 1.82) is 0 Å². The number of unbranched alkanes of at least 4 members (excludes halogenated alkanes) is 1. The minimum atomic E-state index is 0.927. The van der Waals surface area contributed by atoms with Crippen molar-refractivity contribution in [2.75, 3.05) is 51.6 Å². The molecule has 0 aliphatic carbocycles. The second-order valence-corrected chi connectivity index (χ2v) is 7.08. The van der Waals surface area contributed by atoms with Gasteiger partial charge < -0.3 is 15.1 Å². The van der Waals surface area contributed by atoms with Crippen LogP contribution in [0.3, 0.4) is 0 Å². The number of nitrogens with one attached hydrogen (secondary N) is 1. The highest BCUT2D eigenvalue weighted by atomic mass is 79.9. The van der Waals surface area contributed by atoms with Crippen LogP contribution in [0.25, 0.3) is 10.9 Å². The maximum atomic E-state index is 4.38. The second-order valence-electron chi connectivity index (χ2n) is 6.16. The van der Waals surface area contributed by atoms with E-state index in [1.807, 2.05) is 12.1 Å². The lowest BCUT2D eigenvalue weighted by Crippen LogP contribution is -2.44. The van der Waals surface area contributed by atoms with E-state index >= 15 is 0 Å². The average molecular weight is 378 g/mol. The lowest BCUT2D eigenvalue weighted by atomic mass is 10.2. The summed E-state index contributed by atoms with van der Waals surface area (Å²) in [7, 11) is 2.20. The topological polar surface area (TPSA) is 44.3 Å². The van der Waals surface area contributed by atoms with E-state index in [-0.39, 0.29) is 0 Å². The number of likely N-dealkylation sites (N-methyl/N-ethyl adjacent to an activating group) is 1. The minimum absolute atomic E-state index is 0.927. The number of nitrogens with zero attached hydrogens (tertiary/aromatic N) is 4. The fourth-order valence-corrected chi connectivity index (χ4v) is 3.27. The molecular weight excluding hydrogens is 354 g/mol. The van der Waals surface area contributed by atoms with Crippen LogP contribution in [0.4, 0.5) is 5.82 Å². The highest BCUT2D eigenvalue weighted by molar-refractivity contribution is 9.10. The number of benzene rings is 1. The van der Waals surface area contributed by atoms with E-state index in [0.717, 1.165) is 34.2 Å². The van der Waals surface area contributed by atoms with Crippen LogP contribution >= 0.6 is 15.9 Å². The third kappa shape index (κ3) is 4.62. The first-order valence-corrected chi connectivity index (χ1v) is 9.07. The molecule has 0 amide bonds. The first kappa shape index (κ1) is 16.6. The number of hydrogen-bond donors (Lipinski definition) is 1. The normalized spacial score (nSPS) is 16.8. The van der Waals surface area contributed by atoms with Gasteiger partial charge in [-0.25, -0.2) is 9.97 Å². The fraction of sp³-hybridized carbons (Fsp3) is 0.529. The Bertz CT molecular complexity index is 640. The first-order valence-electron chi connectivity index (χ1n) is 8.27. The summed E-state index contributed by atoms with van der Waals surface area (Å²) in [5, 5.41) is 4.53. The van der Waals surface area contributed by atoms with Gasteiger partial charge in [0, 0.05) is 42.6 Å². The summed E-state index contributed by atoms with van der Waals surface area (Å²) in [5.74, 6) is 0.927. The molecule has 1 N–H and O–H groups in total. The molecule has 0 radical (unpaired) electrons. The summed E-state index contributed by atoms with van der Waals surface area (Å²) in [5.41, 5.74) is 0.975. The number of piperazine rings is 1. The van der Waals surface area contributed by atoms with Crippen LogP contribution in [0.1, 0.15) is 12.8 Å². The highest BCUT2D eigenvalue weighted by Crippen LogP contribution is 2.23. The molecule has 6 heteroatoms. The van der Waals surface area contributed by atoms with Gasteiger partial charge in [0.05, 0.1) is 5.52 Å². The molecule has 0 saturated carbocycles. The van der Waals surface area contributed by atoms with Crippen molar-refractivity contribution in [3.8, 4) is 0 Å². The number of rotatable bonds is 6. The molecule has 1 aliphatic rings. The quantitative estimate of drug-likeness (QED) is 0.784. The molecule has 5 nitrogen and oxygen atoms in total. The Morgan fingerprint density at radius 1 is 1.13 bits per heavy atom. The molecule has 124 valence electrons. The lowest BCUT2D eigenvalue weighted by Gasteiger charge is -2.32. The summed E-state index contributed by atoms with van der Waals surface area (Å²) < 4.78 is 1.05. The molecule has 23 heavy (non-hydrogen) atoms. The monoisotopic (exact) mass is 377 g/mol. The van der Waals surface area contributed by atoms with Crippen LogP contribution in [-0.2, 0) is 0 Å². The van der Waals surface area contributed by atoms with Crippen molar-refractivity contribution in [1.82, 2.24) is 19.8 Å². The maximum absolute atomic E-state index is 4.38. The molecule has 2 aromatic rings. The zero-order valence-electron chi connectivity index (χ0n) is 13.6. The molecule has 1 aromatic carbocycles. The van der Waals surface area contributed by atoms with E-state index < -0.39 is 0 Å². The van der Waals surface area contributed by atoms with Crippen molar-refractivity contribution in [3.63, 3.8) is 0 Å². The van der Waals surface area contributed by atoms with Gasteiger partial charge in [0.2, 0.25) is 0 Å². The van der Waals surface area contributed by atoms with Gasteiger partial charge in [-0.05, 0) is 44.6 Å². The van der Waals surface area contributed by atoms with Crippen LogP contribution in [0.15, 0.2) is 29.0 Å². The maximum Gasteiger partial charge on any atom is 0.137 e. The van der Waals surface area contributed by atoms with Gasteiger partial charge in [-0.3, -0.25) is 0 Å². The summed E-state index contributed by atoms with van der Waals surface area (Å²) >= 11 is 3.52. The molecule has 2 heterocycles. The second kappa shape index (κ2) is 8.04. The third-order valence-electron chi connectivity index (χ3n) is 4.39. The zero-order chi connectivity index (χ0) is 16.1. The largest absolute Gasteiger partial charge is 0.369 e. The van der Waals surface area contributed by atoms with Crippen LogP contribution in [0, 0.1) is 0 Å². The van der Waals surface area contributed by atoms with Crippen LogP contribution in [0.2, 0.25) is 0 Å². The van der Waals surface area contributed by atoms with E-state index in [1.54, 1.807) is 6.33 Å². The zero-order valence-corrected chi connectivity index (χ0v) is 15.2. The number of halogens is 1. The Kier molecular flexibility index (Phi) is 5.80. The Morgan fingerprint density at radius 2 is 1.96 bits per heavy atom. The predicted octanol–water partition coefficient (Wildman–Crippen LogP) is 2.83. The molecule has 0 spiro atoms. The number of fused-ring (bicyclic) bond motifs is 1. The molecule has 1 fully saturated rings. The molecule has 1 aromatic heterocycles. The van der Waals surface area contributed by atoms with Crippen LogP contribution < -0.4 is 5.32 Å². The van der Waals surface area contributed by atoms with E-state index in [0.29, 0.717) is 0 Å². The Morgan fingerprint density at radius 3 is 2.78 bits per heavy atom. The standard InChI is InChI=1S/C17H24BrN5/c1-22-8-10-23(11-9-22)7-3-2-6-19-17-15-12-14(18)4-5-16(15)20-13-21-17/h4-5,12-13H,2-3,6-11H2,1H3,(H,19,20,21). The molecule has 3 rings (SSSR count).